The number of carbonyl (C=O) groups is 2. The van der Waals surface area contributed by atoms with Crippen LogP contribution in [0.15, 0.2) is 0 Å². The topological polar surface area (TPSA) is 43.9 Å². The third kappa shape index (κ3) is 6.75. The molecule has 5 heteroatoms. The molecule has 3 amide bonds. The molecule has 0 aliphatic carbocycles. The van der Waals surface area contributed by atoms with Crippen LogP contribution in [0, 0.1) is 0 Å². The summed E-state index contributed by atoms with van der Waals surface area (Å²) in [5.41, 5.74) is 0. The smallest absolute Gasteiger partial charge is 0.310 e. The minimum absolute atomic E-state index is 0.0263. The number of piperazine rings is 1. The van der Waals surface area contributed by atoms with Gasteiger partial charge in [-0.05, 0) is 20.3 Å². The average Bonchev–Trinajstić information content (AvgIpc) is 2.93. The molecule has 2 aliphatic heterocycles. The van der Waals surface area contributed by atoms with E-state index in [0.717, 1.165) is 19.4 Å². The molecule has 2 fully saturated rings. The molecule has 0 N–H and O–H groups in total. The molecule has 162 valence electrons. The quantitative estimate of drug-likeness (QED) is 0.307. The third-order valence-electron chi connectivity index (χ3n) is 6.41. The van der Waals surface area contributed by atoms with Crippen LogP contribution in [0.4, 0.5) is 4.79 Å². The number of amides is 3. The van der Waals surface area contributed by atoms with Gasteiger partial charge >= 0.3 is 6.03 Å². The molecule has 0 bridgehead atoms. The van der Waals surface area contributed by atoms with E-state index >= 15 is 0 Å². The summed E-state index contributed by atoms with van der Waals surface area (Å²) in [6.45, 7) is 9.42. The van der Waals surface area contributed by atoms with Crippen LogP contribution < -0.4 is 0 Å². The van der Waals surface area contributed by atoms with Gasteiger partial charge in [-0.1, -0.05) is 77.6 Å². The van der Waals surface area contributed by atoms with Crippen molar-refractivity contribution in [2.75, 3.05) is 26.2 Å². The van der Waals surface area contributed by atoms with Gasteiger partial charge in [0.15, 0.2) is 0 Å². The number of urea groups is 1. The summed E-state index contributed by atoms with van der Waals surface area (Å²) in [5.74, 6) is 0.0263. The maximum atomic E-state index is 12.7. The standard InChI is InChI=1S/C23H43N3O2/c1-4-5-6-7-8-9-10-11-12-13-14-15-16-26-22(27)21-19-24(20(2)3)17-18-25(21)23(26)28/h20-21H,4-19H2,1-3H3/t21-/m0/s1. The number of imide groups is 1. The Kier molecular flexibility index (Phi) is 10.3. The van der Waals surface area contributed by atoms with Crippen LogP contribution in [0.25, 0.3) is 0 Å². The number of hydrogen-bond acceptors (Lipinski definition) is 3. The van der Waals surface area contributed by atoms with Crippen LogP contribution in [-0.2, 0) is 4.79 Å². The lowest BCUT2D eigenvalue weighted by Gasteiger charge is -2.37. The minimum atomic E-state index is -0.249. The van der Waals surface area contributed by atoms with Crippen LogP contribution in [-0.4, -0.2) is 64.9 Å². The Hall–Kier alpha value is -1.10. The Bertz CT molecular complexity index is 480. The monoisotopic (exact) mass is 393 g/mol. The minimum Gasteiger partial charge on any atom is -0.310 e. The predicted molar refractivity (Wildman–Crippen MR) is 115 cm³/mol. The van der Waals surface area contributed by atoms with Crippen molar-refractivity contribution in [3.63, 3.8) is 0 Å². The largest absolute Gasteiger partial charge is 0.327 e. The Morgan fingerprint density at radius 3 is 1.89 bits per heavy atom. The van der Waals surface area contributed by atoms with Gasteiger partial charge in [-0.2, -0.15) is 0 Å². The van der Waals surface area contributed by atoms with Gasteiger partial charge < -0.3 is 4.90 Å². The van der Waals surface area contributed by atoms with Crippen molar-refractivity contribution in [3.05, 3.63) is 0 Å². The molecule has 0 aromatic carbocycles. The highest BCUT2D eigenvalue weighted by Gasteiger charge is 2.47. The van der Waals surface area contributed by atoms with Crippen molar-refractivity contribution in [1.29, 1.82) is 0 Å². The van der Waals surface area contributed by atoms with Crippen molar-refractivity contribution >= 4 is 11.9 Å². The maximum absolute atomic E-state index is 12.7. The summed E-state index contributed by atoms with van der Waals surface area (Å²) in [7, 11) is 0. The van der Waals surface area contributed by atoms with Gasteiger partial charge in [0.2, 0.25) is 0 Å². The molecule has 0 saturated carbocycles. The Morgan fingerprint density at radius 2 is 1.36 bits per heavy atom. The Labute approximate surface area is 172 Å². The second kappa shape index (κ2) is 12.5. The molecular weight excluding hydrogens is 350 g/mol. The summed E-state index contributed by atoms with van der Waals surface area (Å²) < 4.78 is 0. The number of nitrogens with zero attached hydrogens (tertiary/aromatic N) is 3. The molecule has 0 aromatic heterocycles. The van der Waals surface area contributed by atoms with Gasteiger partial charge in [-0.15, -0.1) is 0 Å². The van der Waals surface area contributed by atoms with E-state index in [0.29, 0.717) is 25.7 Å². The molecule has 5 nitrogen and oxygen atoms in total. The number of rotatable bonds is 14. The lowest BCUT2D eigenvalue weighted by Crippen LogP contribution is -2.54. The molecule has 0 unspecified atom stereocenters. The van der Waals surface area contributed by atoms with Crippen molar-refractivity contribution in [1.82, 2.24) is 14.7 Å². The highest BCUT2D eigenvalue weighted by atomic mass is 16.2. The molecule has 0 radical (unpaired) electrons. The van der Waals surface area contributed by atoms with Crippen LogP contribution in [0.1, 0.15) is 97.8 Å². The first-order chi connectivity index (χ1) is 13.6. The number of carbonyl (C=O) groups excluding carboxylic acids is 2. The summed E-state index contributed by atoms with van der Waals surface area (Å²) >= 11 is 0. The lowest BCUT2D eigenvalue weighted by molar-refractivity contribution is -0.129. The molecule has 2 saturated heterocycles. The predicted octanol–water partition coefficient (Wildman–Crippen LogP) is 5.04. The fourth-order valence-electron chi connectivity index (χ4n) is 4.46. The molecule has 28 heavy (non-hydrogen) atoms. The first kappa shape index (κ1) is 23.2. The molecular formula is C23H43N3O2. The fourth-order valence-corrected chi connectivity index (χ4v) is 4.46. The van der Waals surface area contributed by atoms with E-state index in [4.69, 9.17) is 0 Å². The van der Waals surface area contributed by atoms with Crippen LogP contribution in [0.3, 0.4) is 0 Å². The Balaban J connectivity index is 1.54. The van der Waals surface area contributed by atoms with E-state index in [1.165, 1.54) is 69.1 Å². The molecule has 0 spiro atoms. The first-order valence-corrected chi connectivity index (χ1v) is 11.9. The van der Waals surface area contributed by atoms with Gasteiger partial charge in [0, 0.05) is 32.2 Å². The number of unbranched alkanes of at least 4 members (excludes halogenated alkanes) is 11. The highest BCUT2D eigenvalue weighted by Crippen LogP contribution is 2.23. The van der Waals surface area contributed by atoms with Gasteiger partial charge in [0.25, 0.3) is 5.91 Å². The second-order valence-electron chi connectivity index (χ2n) is 8.96. The van der Waals surface area contributed by atoms with Crippen LogP contribution >= 0.6 is 0 Å². The summed E-state index contributed by atoms with van der Waals surface area (Å²) in [5, 5.41) is 0. The van der Waals surface area contributed by atoms with E-state index in [-0.39, 0.29) is 18.0 Å². The van der Waals surface area contributed by atoms with E-state index < -0.39 is 0 Å². The first-order valence-electron chi connectivity index (χ1n) is 11.9. The highest BCUT2D eigenvalue weighted by molar-refractivity contribution is 6.04. The zero-order valence-electron chi connectivity index (χ0n) is 18.6. The van der Waals surface area contributed by atoms with Gasteiger partial charge in [-0.25, -0.2) is 4.79 Å². The summed E-state index contributed by atoms with van der Waals surface area (Å²) in [4.78, 5) is 30.9. The van der Waals surface area contributed by atoms with Crippen molar-refractivity contribution in [3.8, 4) is 0 Å². The maximum Gasteiger partial charge on any atom is 0.327 e. The van der Waals surface area contributed by atoms with E-state index in [1.807, 2.05) is 0 Å². The Morgan fingerprint density at radius 1 is 0.821 bits per heavy atom. The number of hydrogen-bond donors (Lipinski definition) is 0. The summed E-state index contributed by atoms with van der Waals surface area (Å²) in [6, 6.07) is 0.123. The second-order valence-corrected chi connectivity index (χ2v) is 8.96. The lowest BCUT2D eigenvalue weighted by atomic mass is 10.1. The number of fused-ring (bicyclic) bond motifs is 1. The zero-order valence-corrected chi connectivity index (χ0v) is 18.6. The third-order valence-corrected chi connectivity index (χ3v) is 6.41. The van der Waals surface area contributed by atoms with Crippen LogP contribution in [0.5, 0.6) is 0 Å². The van der Waals surface area contributed by atoms with Crippen LogP contribution in [0.2, 0.25) is 0 Å². The SMILES string of the molecule is CCCCCCCCCCCCCCN1C(=O)[C@@H]2CN(C(C)C)CCN2C1=O. The van der Waals surface area contributed by atoms with Crippen molar-refractivity contribution in [2.24, 2.45) is 0 Å². The van der Waals surface area contributed by atoms with Crippen molar-refractivity contribution < 1.29 is 9.59 Å². The molecule has 0 aromatic rings. The van der Waals surface area contributed by atoms with Gasteiger partial charge in [0.05, 0.1) is 0 Å². The van der Waals surface area contributed by atoms with Gasteiger partial charge in [-0.3, -0.25) is 14.6 Å². The van der Waals surface area contributed by atoms with Crippen molar-refractivity contribution in [2.45, 2.75) is 110 Å². The van der Waals surface area contributed by atoms with E-state index in [9.17, 15) is 9.59 Å². The van der Waals surface area contributed by atoms with E-state index in [2.05, 4.69) is 25.7 Å². The fraction of sp³-hybridized carbons (Fsp3) is 0.913. The normalized spacial score (nSPS) is 20.5. The molecule has 1 atom stereocenters. The van der Waals surface area contributed by atoms with E-state index in [1.54, 1.807) is 4.90 Å². The summed E-state index contributed by atoms with van der Waals surface area (Å²) in [6.07, 6.45) is 15.6. The molecule has 2 aliphatic rings. The molecule has 2 heterocycles. The zero-order chi connectivity index (χ0) is 20.4. The van der Waals surface area contributed by atoms with Gasteiger partial charge in [0.1, 0.15) is 6.04 Å². The molecule has 2 rings (SSSR count). The average molecular weight is 394 g/mol.